The number of thioether (sulfide) groups is 1. The summed E-state index contributed by atoms with van der Waals surface area (Å²) in [6.45, 7) is 3.13. The standard InChI is InChI=1S/C22H24F2N4O4S/c1-12-8-18(32-11-15-16(23)4-3-5-17(15)24)20-25-13(2)19(28(20)10-12)21(29)27-26-14-6-7-33-22(30,31)9-14/h3-5,8,10,14,26,30-31H,6-7,9,11H2,1-2H3,(H,27,29). The molecule has 0 bridgehead atoms. The van der Waals surface area contributed by atoms with Gasteiger partial charge in [0.2, 0.25) is 5.12 Å². The second kappa shape index (κ2) is 9.26. The molecule has 4 rings (SSSR count). The summed E-state index contributed by atoms with van der Waals surface area (Å²) in [4.78, 5) is 17.4. The minimum absolute atomic E-state index is 0.0633. The molecule has 11 heteroatoms. The Balaban J connectivity index is 1.56. The lowest BCUT2D eigenvalue weighted by Crippen LogP contribution is -2.50. The minimum atomic E-state index is -1.83. The second-order valence-corrected chi connectivity index (χ2v) is 9.34. The van der Waals surface area contributed by atoms with Gasteiger partial charge in [0.25, 0.3) is 5.91 Å². The van der Waals surface area contributed by atoms with E-state index in [1.807, 2.05) is 0 Å². The third-order valence-electron chi connectivity index (χ3n) is 5.35. The molecule has 1 aliphatic heterocycles. The van der Waals surface area contributed by atoms with Crippen molar-refractivity contribution < 1.29 is 28.5 Å². The number of fused-ring (bicyclic) bond motifs is 1. The Kier molecular flexibility index (Phi) is 6.57. The summed E-state index contributed by atoms with van der Waals surface area (Å²) in [5.41, 5.74) is 7.05. The number of aryl methyl sites for hydroxylation is 2. The quantitative estimate of drug-likeness (QED) is 0.319. The van der Waals surface area contributed by atoms with Gasteiger partial charge in [-0.25, -0.2) is 19.2 Å². The number of hydrogen-bond donors (Lipinski definition) is 4. The van der Waals surface area contributed by atoms with E-state index in [1.54, 1.807) is 30.5 Å². The van der Waals surface area contributed by atoms with E-state index >= 15 is 0 Å². The van der Waals surface area contributed by atoms with E-state index in [9.17, 15) is 23.8 Å². The number of imidazole rings is 1. The largest absolute Gasteiger partial charge is 0.485 e. The molecule has 1 saturated heterocycles. The lowest BCUT2D eigenvalue weighted by atomic mass is 10.1. The number of hydrogen-bond acceptors (Lipinski definition) is 7. The topological polar surface area (TPSA) is 108 Å². The van der Waals surface area contributed by atoms with Gasteiger partial charge in [0, 0.05) is 18.7 Å². The number of amides is 1. The molecular weight excluding hydrogens is 454 g/mol. The van der Waals surface area contributed by atoms with Gasteiger partial charge in [-0.15, -0.1) is 0 Å². The predicted octanol–water partition coefficient (Wildman–Crippen LogP) is 2.58. The molecule has 3 heterocycles. The fraction of sp³-hybridized carbons (Fsp3) is 0.364. The van der Waals surface area contributed by atoms with Gasteiger partial charge in [0.1, 0.15) is 23.9 Å². The fourth-order valence-electron chi connectivity index (χ4n) is 3.75. The molecule has 1 unspecified atom stereocenters. The second-order valence-electron chi connectivity index (χ2n) is 7.99. The van der Waals surface area contributed by atoms with Crippen LogP contribution >= 0.6 is 11.8 Å². The molecule has 0 radical (unpaired) electrons. The van der Waals surface area contributed by atoms with Gasteiger partial charge < -0.3 is 14.9 Å². The molecule has 1 aromatic carbocycles. The smallest absolute Gasteiger partial charge is 0.284 e. The van der Waals surface area contributed by atoms with E-state index in [0.29, 0.717) is 23.5 Å². The van der Waals surface area contributed by atoms with Crippen LogP contribution in [0, 0.1) is 25.5 Å². The highest BCUT2D eigenvalue weighted by Crippen LogP contribution is 2.31. The molecule has 1 atom stereocenters. The first-order valence-corrected chi connectivity index (χ1v) is 11.3. The number of aromatic nitrogens is 2. The highest BCUT2D eigenvalue weighted by atomic mass is 32.2. The highest BCUT2D eigenvalue weighted by Gasteiger charge is 2.33. The van der Waals surface area contributed by atoms with Crippen LogP contribution in [0.25, 0.3) is 5.65 Å². The molecule has 0 spiro atoms. The first-order chi connectivity index (χ1) is 15.6. The van der Waals surface area contributed by atoms with Gasteiger partial charge in [-0.3, -0.25) is 14.6 Å². The van der Waals surface area contributed by atoms with Crippen LogP contribution < -0.4 is 15.6 Å². The molecule has 3 aromatic rings. The van der Waals surface area contributed by atoms with Crippen LogP contribution in [0.15, 0.2) is 30.5 Å². The molecule has 1 amide bonds. The molecule has 4 N–H and O–H groups in total. The molecule has 1 aliphatic rings. The average molecular weight is 479 g/mol. The number of benzene rings is 1. The number of rotatable bonds is 6. The number of ether oxygens (including phenoxy) is 1. The maximum atomic E-state index is 14.0. The summed E-state index contributed by atoms with van der Waals surface area (Å²) in [6, 6.07) is 4.98. The first-order valence-electron chi connectivity index (χ1n) is 10.3. The summed E-state index contributed by atoms with van der Waals surface area (Å²) < 4.78 is 35.2. The first kappa shape index (κ1) is 23.4. The van der Waals surface area contributed by atoms with Crippen molar-refractivity contribution in [3.05, 3.63) is 64.6 Å². The third-order valence-corrected chi connectivity index (χ3v) is 6.42. The van der Waals surface area contributed by atoms with Crippen LogP contribution in [0.3, 0.4) is 0 Å². The van der Waals surface area contributed by atoms with Gasteiger partial charge >= 0.3 is 0 Å². The Morgan fingerprint density at radius 2 is 2.06 bits per heavy atom. The maximum Gasteiger partial charge on any atom is 0.284 e. The molecule has 33 heavy (non-hydrogen) atoms. The molecule has 8 nitrogen and oxygen atoms in total. The maximum absolute atomic E-state index is 14.0. The number of pyridine rings is 1. The van der Waals surface area contributed by atoms with Gasteiger partial charge in [0.05, 0.1) is 11.3 Å². The van der Waals surface area contributed by atoms with Crippen LogP contribution in [0.5, 0.6) is 5.75 Å². The van der Waals surface area contributed by atoms with Gasteiger partial charge in [0.15, 0.2) is 11.4 Å². The van der Waals surface area contributed by atoms with Gasteiger partial charge in [-0.05, 0) is 49.8 Å². The predicted molar refractivity (Wildman–Crippen MR) is 119 cm³/mol. The number of aliphatic hydroxyl groups is 2. The lowest BCUT2D eigenvalue weighted by Gasteiger charge is -2.32. The van der Waals surface area contributed by atoms with Crippen LogP contribution in [0.4, 0.5) is 8.78 Å². The van der Waals surface area contributed by atoms with E-state index in [4.69, 9.17) is 4.74 Å². The minimum Gasteiger partial charge on any atom is -0.485 e. The molecular formula is C22H24F2N4O4S. The van der Waals surface area contributed by atoms with Crippen LogP contribution in [-0.2, 0) is 6.61 Å². The molecule has 1 fully saturated rings. The summed E-state index contributed by atoms with van der Waals surface area (Å²) in [5.74, 6) is -1.06. The van der Waals surface area contributed by atoms with E-state index in [0.717, 1.165) is 29.5 Å². The molecule has 176 valence electrons. The van der Waals surface area contributed by atoms with E-state index in [-0.39, 0.29) is 36.1 Å². The van der Waals surface area contributed by atoms with Crippen molar-refractivity contribution in [1.29, 1.82) is 0 Å². The highest BCUT2D eigenvalue weighted by molar-refractivity contribution is 8.00. The Morgan fingerprint density at radius 3 is 2.76 bits per heavy atom. The number of nitrogens with one attached hydrogen (secondary N) is 2. The number of carbonyl (C=O) groups is 1. The summed E-state index contributed by atoms with van der Waals surface area (Å²) >= 11 is 1.05. The van der Waals surface area contributed by atoms with E-state index in [1.165, 1.54) is 6.07 Å². The van der Waals surface area contributed by atoms with Crippen molar-refractivity contribution in [3.63, 3.8) is 0 Å². The number of nitrogens with zero attached hydrogens (tertiary/aromatic N) is 2. The normalized spacial score (nSPS) is 17.8. The average Bonchev–Trinajstić information content (AvgIpc) is 3.06. The van der Waals surface area contributed by atoms with Crippen molar-refractivity contribution in [2.45, 2.75) is 44.5 Å². The summed E-state index contributed by atoms with van der Waals surface area (Å²) in [7, 11) is 0. The van der Waals surface area contributed by atoms with Crippen molar-refractivity contribution in [2.24, 2.45) is 0 Å². The van der Waals surface area contributed by atoms with Crippen molar-refractivity contribution in [3.8, 4) is 5.75 Å². The monoisotopic (exact) mass is 478 g/mol. The summed E-state index contributed by atoms with van der Waals surface area (Å²) in [5, 5.41) is 17.8. The Hall–Kier alpha value is -2.73. The number of hydrazine groups is 1. The zero-order valence-corrected chi connectivity index (χ0v) is 18.9. The zero-order valence-electron chi connectivity index (χ0n) is 18.1. The van der Waals surface area contributed by atoms with Gasteiger partial charge in [-0.1, -0.05) is 17.8 Å². The van der Waals surface area contributed by atoms with Crippen LogP contribution in [0.2, 0.25) is 0 Å². The van der Waals surface area contributed by atoms with E-state index in [2.05, 4.69) is 15.8 Å². The third kappa shape index (κ3) is 5.11. The molecule has 0 saturated carbocycles. The molecule has 0 aliphatic carbocycles. The Labute approximate surface area is 192 Å². The zero-order chi connectivity index (χ0) is 23.8. The van der Waals surface area contributed by atoms with Crippen LogP contribution in [0.1, 0.15) is 40.2 Å². The van der Waals surface area contributed by atoms with Crippen molar-refractivity contribution in [1.82, 2.24) is 20.2 Å². The Morgan fingerprint density at radius 1 is 1.33 bits per heavy atom. The van der Waals surface area contributed by atoms with Crippen molar-refractivity contribution >= 4 is 23.3 Å². The Bertz CT molecular complexity index is 1180. The number of carbonyl (C=O) groups excluding carboxylic acids is 1. The SMILES string of the molecule is Cc1cc(OCc2c(F)cccc2F)c2nc(C)c(C(=O)NNC3CCSC(O)(O)C3)n2c1. The van der Waals surface area contributed by atoms with Gasteiger partial charge in [-0.2, -0.15) is 0 Å². The van der Waals surface area contributed by atoms with Crippen LogP contribution in [-0.4, -0.2) is 42.4 Å². The number of halogens is 2. The summed E-state index contributed by atoms with van der Waals surface area (Å²) in [6.07, 6.45) is 2.43. The van der Waals surface area contributed by atoms with E-state index < -0.39 is 22.7 Å². The van der Waals surface area contributed by atoms with Crippen molar-refractivity contribution in [2.75, 3.05) is 5.75 Å². The molecule has 2 aromatic heterocycles. The lowest BCUT2D eigenvalue weighted by molar-refractivity contribution is -0.0908. The fourth-order valence-corrected chi connectivity index (χ4v) is 4.80.